The van der Waals surface area contributed by atoms with Gasteiger partial charge in [-0.1, -0.05) is 25.5 Å². The second-order valence-corrected chi connectivity index (χ2v) is 7.20. The molecule has 0 unspecified atom stereocenters. The molecule has 1 N–H and O–H groups in total. The maximum absolute atomic E-state index is 12.4. The van der Waals surface area contributed by atoms with Gasteiger partial charge in [-0.05, 0) is 62.4 Å². The standard InChI is InChI=1S/C22H28N4O/c1-6-7-17-8-10-18(11-9-17)24-20(27)13-12-19-14(2)21-16(4)25-26(5)22(21)23-15(19)3/h8-11H,6-7,12-13H2,1-5H3,(H,24,27). The molecule has 0 atom stereocenters. The van der Waals surface area contributed by atoms with Gasteiger partial charge in [0.15, 0.2) is 5.65 Å². The number of benzene rings is 1. The highest BCUT2D eigenvalue weighted by Crippen LogP contribution is 2.26. The fourth-order valence-electron chi connectivity index (χ4n) is 3.74. The minimum atomic E-state index is 0.0278. The highest BCUT2D eigenvalue weighted by atomic mass is 16.1. The van der Waals surface area contributed by atoms with Crippen LogP contribution < -0.4 is 5.32 Å². The van der Waals surface area contributed by atoms with Crippen LogP contribution in [0.3, 0.4) is 0 Å². The second-order valence-electron chi connectivity index (χ2n) is 7.20. The number of aromatic nitrogens is 3. The van der Waals surface area contributed by atoms with E-state index in [9.17, 15) is 4.79 Å². The number of nitrogens with zero attached hydrogens (tertiary/aromatic N) is 3. The van der Waals surface area contributed by atoms with Crippen LogP contribution in [-0.4, -0.2) is 20.7 Å². The number of hydrogen-bond donors (Lipinski definition) is 1. The number of pyridine rings is 1. The Hall–Kier alpha value is -2.69. The maximum Gasteiger partial charge on any atom is 0.224 e. The molecule has 1 aromatic carbocycles. The van der Waals surface area contributed by atoms with Crippen molar-refractivity contribution in [2.45, 2.75) is 53.4 Å². The van der Waals surface area contributed by atoms with E-state index in [1.807, 2.05) is 37.7 Å². The van der Waals surface area contributed by atoms with Crippen molar-refractivity contribution in [2.75, 3.05) is 5.32 Å². The van der Waals surface area contributed by atoms with E-state index in [-0.39, 0.29) is 5.91 Å². The van der Waals surface area contributed by atoms with Crippen molar-refractivity contribution in [3.8, 4) is 0 Å². The predicted octanol–water partition coefficient (Wildman–Crippen LogP) is 4.42. The van der Waals surface area contributed by atoms with Gasteiger partial charge in [0.05, 0.1) is 5.69 Å². The van der Waals surface area contributed by atoms with Crippen LogP contribution in [0.4, 0.5) is 5.69 Å². The molecule has 0 spiro atoms. The Bertz CT molecular complexity index is 970. The van der Waals surface area contributed by atoms with Gasteiger partial charge in [-0.15, -0.1) is 0 Å². The predicted molar refractivity (Wildman–Crippen MR) is 110 cm³/mol. The Morgan fingerprint density at radius 3 is 2.44 bits per heavy atom. The van der Waals surface area contributed by atoms with Crippen molar-refractivity contribution in [1.29, 1.82) is 0 Å². The molecule has 0 radical (unpaired) electrons. The minimum absolute atomic E-state index is 0.0278. The lowest BCUT2D eigenvalue weighted by Crippen LogP contribution is -2.13. The number of amides is 1. The van der Waals surface area contributed by atoms with Crippen molar-refractivity contribution >= 4 is 22.6 Å². The number of aryl methyl sites for hydroxylation is 5. The van der Waals surface area contributed by atoms with E-state index < -0.39 is 0 Å². The molecule has 3 aromatic rings. The molecular weight excluding hydrogens is 336 g/mol. The molecule has 27 heavy (non-hydrogen) atoms. The van der Waals surface area contributed by atoms with E-state index in [1.54, 1.807) is 0 Å². The van der Waals surface area contributed by atoms with Crippen LogP contribution >= 0.6 is 0 Å². The summed E-state index contributed by atoms with van der Waals surface area (Å²) in [4.78, 5) is 17.1. The number of nitrogens with one attached hydrogen (secondary N) is 1. The first-order chi connectivity index (χ1) is 12.9. The molecule has 5 heteroatoms. The third-order valence-electron chi connectivity index (χ3n) is 5.11. The molecule has 5 nitrogen and oxygen atoms in total. The first-order valence-corrected chi connectivity index (χ1v) is 9.58. The Balaban J connectivity index is 1.71. The number of rotatable bonds is 6. The lowest BCUT2D eigenvalue weighted by atomic mass is 9.99. The van der Waals surface area contributed by atoms with Crippen LogP contribution in [0.5, 0.6) is 0 Å². The van der Waals surface area contributed by atoms with Gasteiger partial charge >= 0.3 is 0 Å². The van der Waals surface area contributed by atoms with Gasteiger partial charge in [-0.25, -0.2) is 4.98 Å². The molecule has 0 bridgehead atoms. The van der Waals surface area contributed by atoms with E-state index in [2.05, 4.69) is 36.4 Å². The van der Waals surface area contributed by atoms with Crippen molar-refractivity contribution in [1.82, 2.24) is 14.8 Å². The molecule has 0 aliphatic heterocycles. The smallest absolute Gasteiger partial charge is 0.224 e. The van der Waals surface area contributed by atoms with Crippen LogP contribution in [0.25, 0.3) is 11.0 Å². The molecule has 0 fully saturated rings. The van der Waals surface area contributed by atoms with Gasteiger partial charge in [0.2, 0.25) is 5.91 Å². The number of anilines is 1. The average Bonchev–Trinajstić information content (AvgIpc) is 2.90. The summed E-state index contributed by atoms with van der Waals surface area (Å²) in [7, 11) is 1.92. The summed E-state index contributed by atoms with van der Waals surface area (Å²) in [6.45, 7) is 8.28. The molecule has 142 valence electrons. The number of carbonyl (C=O) groups excluding carboxylic acids is 1. The minimum Gasteiger partial charge on any atom is -0.326 e. The van der Waals surface area contributed by atoms with Crippen molar-refractivity contribution in [2.24, 2.45) is 7.05 Å². The van der Waals surface area contributed by atoms with E-state index in [1.165, 1.54) is 11.1 Å². The summed E-state index contributed by atoms with van der Waals surface area (Å²) < 4.78 is 1.82. The van der Waals surface area contributed by atoms with Gasteiger partial charge in [-0.3, -0.25) is 9.48 Å². The van der Waals surface area contributed by atoms with Crippen LogP contribution in [0, 0.1) is 20.8 Å². The largest absolute Gasteiger partial charge is 0.326 e. The summed E-state index contributed by atoms with van der Waals surface area (Å²) in [5.41, 5.74) is 7.34. The topological polar surface area (TPSA) is 59.8 Å². The van der Waals surface area contributed by atoms with Gasteiger partial charge in [-0.2, -0.15) is 5.10 Å². The third kappa shape index (κ3) is 4.02. The third-order valence-corrected chi connectivity index (χ3v) is 5.11. The highest BCUT2D eigenvalue weighted by Gasteiger charge is 2.16. The van der Waals surface area contributed by atoms with E-state index in [0.29, 0.717) is 12.8 Å². The fourth-order valence-corrected chi connectivity index (χ4v) is 3.74. The summed E-state index contributed by atoms with van der Waals surface area (Å²) >= 11 is 0. The van der Waals surface area contributed by atoms with Gasteiger partial charge in [0.1, 0.15) is 0 Å². The van der Waals surface area contributed by atoms with E-state index in [0.717, 1.165) is 46.5 Å². The Kier molecular flexibility index (Phi) is 5.59. The molecule has 3 rings (SSSR count). The summed E-state index contributed by atoms with van der Waals surface area (Å²) in [6, 6.07) is 8.12. The summed E-state index contributed by atoms with van der Waals surface area (Å²) in [5, 5.41) is 8.58. The molecule has 2 aromatic heterocycles. The van der Waals surface area contributed by atoms with Gasteiger partial charge < -0.3 is 5.32 Å². The fraction of sp³-hybridized carbons (Fsp3) is 0.409. The summed E-state index contributed by atoms with van der Waals surface area (Å²) in [5.74, 6) is 0.0278. The van der Waals surface area contributed by atoms with Crippen molar-refractivity contribution in [3.63, 3.8) is 0 Å². The molecular formula is C22H28N4O. The van der Waals surface area contributed by atoms with E-state index in [4.69, 9.17) is 4.98 Å². The zero-order valence-electron chi connectivity index (χ0n) is 16.9. The van der Waals surface area contributed by atoms with Crippen LogP contribution in [0.15, 0.2) is 24.3 Å². The molecule has 0 aliphatic carbocycles. The maximum atomic E-state index is 12.4. The van der Waals surface area contributed by atoms with Crippen molar-refractivity contribution in [3.05, 3.63) is 52.3 Å². The molecule has 0 saturated carbocycles. The zero-order valence-corrected chi connectivity index (χ0v) is 16.9. The second kappa shape index (κ2) is 7.91. The summed E-state index contributed by atoms with van der Waals surface area (Å²) in [6.07, 6.45) is 3.30. The monoisotopic (exact) mass is 364 g/mol. The lowest BCUT2D eigenvalue weighted by molar-refractivity contribution is -0.116. The molecule has 0 saturated heterocycles. The van der Waals surface area contributed by atoms with Gasteiger partial charge in [0.25, 0.3) is 0 Å². The van der Waals surface area contributed by atoms with Gasteiger partial charge in [0, 0.05) is 30.2 Å². The molecule has 0 aliphatic rings. The Morgan fingerprint density at radius 1 is 1.07 bits per heavy atom. The first kappa shape index (κ1) is 19.1. The quantitative estimate of drug-likeness (QED) is 0.704. The Labute approximate surface area is 160 Å². The average molecular weight is 364 g/mol. The van der Waals surface area contributed by atoms with Crippen LogP contribution in [0.1, 0.15) is 47.8 Å². The number of carbonyl (C=O) groups is 1. The lowest BCUT2D eigenvalue weighted by Gasteiger charge is -2.11. The number of fused-ring (bicyclic) bond motifs is 1. The van der Waals surface area contributed by atoms with Crippen LogP contribution in [-0.2, 0) is 24.7 Å². The molecule has 2 heterocycles. The van der Waals surface area contributed by atoms with Crippen LogP contribution in [0.2, 0.25) is 0 Å². The van der Waals surface area contributed by atoms with Crippen molar-refractivity contribution < 1.29 is 4.79 Å². The van der Waals surface area contributed by atoms with E-state index >= 15 is 0 Å². The Morgan fingerprint density at radius 2 is 1.78 bits per heavy atom. The molecule has 1 amide bonds. The zero-order chi connectivity index (χ0) is 19.6. The normalized spacial score (nSPS) is 11.1. The first-order valence-electron chi connectivity index (χ1n) is 9.58. The highest BCUT2D eigenvalue weighted by molar-refractivity contribution is 5.91. The number of hydrogen-bond acceptors (Lipinski definition) is 3. The SMILES string of the molecule is CCCc1ccc(NC(=O)CCc2c(C)nc3c(c(C)nn3C)c2C)cc1.